The van der Waals surface area contributed by atoms with Crippen molar-refractivity contribution in [2.75, 3.05) is 11.1 Å². The largest absolute Gasteiger partial charge is 0.325 e. The van der Waals surface area contributed by atoms with Gasteiger partial charge < -0.3 is 9.88 Å². The third-order valence-electron chi connectivity index (χ3n) is 4.48. The Morgan fingerprint density at radius 3 is 2.55 bits per heavy atom. The second-order valence-corrected chi connectivity index (χ2v) is 7.55. The minimum absolute atomic E-state index is 0.0328. The van der Waals surface area contributed by atoms with Crippen molar-refractivity contribution in [1.82, 2.24) is 14.8 Å². The van der Waals surface area contributed by atoms with Crippen molar-refractivity contribution in [1.29, 1.82) is 0 Å². The highest BCUT2D eigenvalue weighted by Crippen LogP contribution is 2.19. The number of aryl methyl sites for hydroxylation is 2. The maximum Gasteiger partial charge on any atom is 0.234 e. The first kappa shape index (κ1) is 20.8. The fourth-order valence-corrected chi connectivity index (χ4v) is 3.79. The number of nitrogens with one attached hydrogen (secondary N) is 1. The van der Waals surface area contributed by atoms with Gasteiger partial charge in [-0.05, 0) is 38.0 Å². The van der Waals surface area contributed by atoms with E-state index < -0.39 is 0 Å². The zero-order valence-corrected chi connectivity index (χ0v) is 17.4. The number of anilines is 1. The van der Waals surface area contributed by atoms with Crippen molar-refractivity contribution in [3.63, 3.8) is 0 Å². The Morgan fingerprint density at radius 1 is 1.03 bits per heavy atom. The predicted octanol–water partition coefficient (Wildman–Crippen LogP) is 4.02. The third-order valence-corrected chi connectivity index (χ3v) is 5.44. The fourth-order valence-electron chi connectivity index (χ4n) is 2.97. The number of hydrogen-bond acceptors (Lipinski definition) is 5. The SMILES string of the molecule is CCn1c(CCc2ccccc2)nnc1SCC(=O)Nc1cccc(C(C)=O)c1. The number of carbonyl (C=O) groups is 2. The van der Waals surface area contributed by atoms with Gasteiger partial charge in [0.2, 0.25) is 5.91 Å². The molecule has 1 amide bonds. The molecule has 1 aromatic heterocycles. The Morgan fingerprint density at radius 2 is 1.83 bits per heavy atom. The molecular weight excluding hydrogens is 384 g/mol. The first-order valence-electron chi connectivity index (χ1n) is 9.56. The maximum absolute atomic E-state index is 12.3. The van der Waals surface area contributed by atoms with E-state index in [2.05, 4.69) is 32.2 Å². The van der Waals surface area contributed by atoms with Crippen LogP contribution >= 0.6 is 11.8 Å². The summed E-state index contributed by atoms with van der Waals surface area (Å²) in [4.78, 5) is 23.8. The number of benzene rings is 2. The summed E-state index contributed by atoms with van der Waals surface area (Å²) >= 11 is 1.36. The maximum atomic E-state index is 12.3. The van der Waals surface area contributed by atoms with Gasteiger partial charge in [0.1, 0.15) is 5.82 Å². The van der Waals surface area contributed by atoms with Gasteiger partial charge in [0.25, 0.3) is 0 Å². The molecule has 0 radical (unpaired) electrons. The summed E-state index contributed by atoms with van der Waals surface area (Å²) in [6.45, 7) is 4.30. The highest BCUT2D eigenvalue weighted by atomic mass is 32.2. The van der Waals surface area contributed by atoms with E-state index in [0.29, 0.717) is 11.3 Å². The molecule has 150 valence electrons. The van der Waals surface area contributed by atoms with Crippen molar-refractivity contribution < 1.29 is 9.59 Å². The lowest BCUT2D eigenvalue weighted by Crippen LogP contribution is -2.15. The Labute approximate surface area is 174 Å². The predicted molar refractivity (Wildman–Crippen MR) is 115 cm³/mol. The summed E-state index contributed by atoms with van der Waals surface area (Å²) in [6.07, 6.45) is 1.70. The van der Waals surface area contributed by atoms with Crippen LogP contribution in [0.5, 0.6) is 0 Å². The summed E-state index contributed by atoms with van der Waals surface area (Å²) in [5.41, 5.74) is 2.45. The number of hydrogen-bond donors (Lipinski definition) is 1. The molecule has 6 nitrogen and oxygen atoms in total. The molecule has 0 aliphatic heterocycles. The standard InChI is InChI=1S/C22H24N4O2S/c1-3-26-20(13-12-17-8-5-4-6-9-17)24-25-22(26)29-15-21(28)23-19-11-7-10-18(14-19)16(2)27/h4-11,14H,3,12-13,15H2,1-2H3,(H,23,28). The second kappa shape index (κ2) is 10.0. The molecule has 0 fully saturated rings. The highest BCUT2D eigenvalue weighted by Gasteiger charge is 2.13. The van der Waals surface area contributed by atoms with Gasteiger partial charge in [-0.1, -0.05) is 54.2 Å². The van der Waals surface area contributed by atoms with Gasteiger partial charge in [-0.3, -0.25) is 9.59 Å². The number of thioether (sulfide) groups is 1. The van der Waals surface area contributed by atoms with Crippen LogP contribution < -0.4 is 5.32 Å². The van der Waals surface area contributed by atoms with Gasteiger partial charge in [0.05, 0.1) is 5.75 Å². The number of rotatable bonds is 9. The van der Waals surface area contributed by atoms with Crippen LogP contribution in [0.4, 0.5) is 5.69 Å². The van der Waals surface area contributed by atoms with Gasteiger partial charge in [-0.2, -0.15) is 0 Å². The fraction of sp³-hybridized carbons (Fsp3) is 0.273. The molecule has 1 N–H and O–H groups in total. The monoisotopic (exact) mass is 408 g/mol. The second-order valence-electron chi connectivity index (χ2n) is 6.60. The normalized spacial score (nSPS) is 10.7. The molecule has 2 aromatic carbocycles. The molecule has 0 aliphatic rings. The van der Waals surface area contributed by atoms with Crippen LogP contribution in [0.25, 0.3) is 0 Å². The van der Waals surface area contributed by atoms with Crippen molar-refractivity contribution >= 4 is 29.1 Å². The average Bonchev–Trinajstić information content (AvgIpc) is 3.13. The molecule has 0 saturated carbocycles. The number of amides is 1. The number of Topliss-reactive ketones (excluding diaryl/α,β-unsaturated/α-hetero) is 1. The van der Waals surface area contributed by atoms with Crippen molar-refractivity contribution in [3.05, 3.63) is 71.5 Å². The minimum atomic E-state index is -0.146. The molecule has 0 aliphatic carbocycles. The lowest BCUT2D eigenvalue weighted by Gasteiger charge is -2.08. The Balaban J connectivity index is 1.57. The van der Waals surface area contributed by atoms with Crippen LogP contribution in [0, 0.1) is 0 Å². The molecule has 3 aromatic rings. The first-order chi connectivity index (χ1) is 14.1. The van der Waals surface area contributed by atoms with E-state index in [1.54, 1.807) is 24.3 Å². The molecule has 3 rings (SSSR count). The molecule has 29 heavy (non-hydrogen) atoms. The molecule has 0 unspecified atom stereocenters. The van der Waals surface area contributed by atoms with Crippen molar-refractivity contribution in [2.24, 2.45) is 0 Å². The summed E-state index contributed by atoms with van der Waals surface area (Å²) in [6, 6.07) is 17.2. The molecule has 0 spiro atoms. The Kier molecular flexibility index (Phi) is 7.19. The summed E-state index contributed by atoms with van der Waals surface area (Å²) in [5.74, 6) is 0.969. The Bertz CT molecular complexity index is 985. The van der Waals surface area contributed by atoms with Gasteiger partial charge in [-0.25, -0.2) is 0 Å². The van der Waals surface area contributed by atoms with E-state index >= 15 is 0 Å². The summed E-state index contributed by atoms with van der Waals surface area (Å²) < 4.78 is 2.05. The highest BCUT2D eigenvalue weighted by molar-refractivity contribution is 7.99. The van der Waals surface area contributed by atoms with Crippen LogP contribution in [-0.4, -0.2) is 32.2 Å². The number of nitrogens with zero attached hydrogens (tertiary/aromatic N) is 3. The third kappa shape index (κ3) is 5.77. The van der Waals surface area contributed by atoms with Gasteiger partial charge in [0.15, 0.2) is 10.9 Å². The lowest BCUT2D eigenvalue weighted by atomic mass is 10.1. The van der Waals surface area contributed by atoms with Crippen LogP contribution in [-0.2, 0) is 24.2 Å². The van der Waals surface area contributed by atoms with Crippen LogP contribution in [0.15, 0.2) is 59.8 Å². The zero-order valence-electron chi connectivity index (χ0n) is 16.6. The average molecular weight is 409 g/mol. The zero-order chi connectivity index (χ0) is 20.6. The van der Waals surface area contributed by atoms with Crippen LogP contribution in [0.1, 0.15) is 35.6 Å². The van der Waals surface area contributed by atoms with E-state index in [0.717, 1.165) is 30.4 Å². The molecule has 1 heterocycles. The molecular formula is C22H24N4O2S. The summed E-state index contributed by atoms with van der Waals surface area (Å²) in [7, 11) is 0. The van der Waals surface area contributed by atoms with E-state index in [-0.39, 0.29) is 17.4 Å². The minimum Gasteiger partial charge on any atom is -0.325 e. The van der Waals surface area contributed by atoms with Gasteiger partial charge >= 0.3 is 0 Å². The van der Waals surface area contributed by atoms with Crippen LogP contribution in [0.2, 0.25) is 0 Å². The van der Waals surface area contributed by atoms with Crippen molar-refractivity contribution in [2.45, 2.75) is 38.4 Å². The first-order valence-corrected chi connectivity index (χ1v) is 10.5. The Hall–Kier alpha value is -2.93. The van der Waals surface area contributed by atoms with E-state index in [4.69, 9.17) is 0 Å². The molecule has 0 atom stereocenters. The van der Waals surface area contributed by atoms with E-state index in [1.807, 2.05) is 25.1 Å². The smallest absolute Gasteiger partial charge is 0.234 e. The topological polar surface area (TPSA) is 76.9 Å². The number of ketones is 1. The molecule has 7 heteroatoms. The number of carbonyl (C=O) groups excluding carboxylic acids is 2. The van der Waals surface area contributed by atoms with Crippen LogP contribution in [0.3, 0.4) is 0 Å². The van der Waals surface area contributed by atoms with Crippen molar-refractivity contribution in [3.8, 4) is 0 Å². The van der Waals surface area contributed by atoms with Gasteiger partial charge in [0, 0.05) is 24.2 Å². The quantitative estimate of drug-likeness (QED) is 0.427. The van der Waals surface area contributed by atoms with Gasteiger partial charge in [-0.15, -0.1) is 10.2 Å². The molecule has 0 bridgehead atoms. The number of aromatic nitrogens is 3. The van der Waals surface area contributed by atoms with E-state index in [1.165, 1.54) is 24.2 Å². The molecule has 0 saturated heterocycles. The lowest BCUT2D eigenvalue weighted by molar-refractivity contribution is -0.113. The summed E-state index contributed by atoms with van der Waals surface area (Å²) in [5, 5.41) is 12.2. The van der Waals surface area contributed by atoms with E-state index in [9.17, 15) is 9.59 Å².